The van der Waals surface area contributed by atoms with Crippen LogP contribution in [0.5, 0.6) is 17.4 Å². The second-order valence-corrected chi connectivity index (χ2v) is 8.31. The standard InChI is InChI=1S/C27H28N2O5/c1-5-7-21-19(12-13-25(28-21)32-18-10-8-16(3)9-11-18)26-20-15-23(33-22(6-2)27(30)31)17(4)14-24(20)34-29-26/h8-15,22H,5-7H2,1-4H3,(H,30,31). The van der Waals surface area contributed by atoms with E-state index in [0.717, 1.165) is 46.4 Å². The highest BCUT2D eigenvalue weighted by Crippen LogP contribution is 2.36. The fourth-order valence-electron chi connectivity index (χ4n) is 3.76. The minimum atomic E-state index is -0.994. The maximum Gasteiger partial charge on any atom is 0.344 e. The molecule has 1 N–H and O–H groups in total. The average Bonchev–Trinajstić information content (AvgIpc) is 3.21. The lowest BCUT2D eigenvalue weighted by atomic mass is 10.0. The molecular weight excluding hydrogens is 432 g/mol. The predicted octanol–water partition coefficient (Wildman–Crippen LogP) is 6.49. The first-order chi connectivity index (χ1) is 16.4. The number of carboxylic acids is 1. The van der Waals surface area contributed by atoms with E-state index in [2.05, 4.69) is 12.1 Å². The molecule has 4 rings (SSSR count). The maximum atomic E-state index is 11.5. The molecule has 0 aliphatic carbocycles. The Kier molecular flexibility index (Phi) is 6.82. The van der Waals surface area contributed by atoms with Gasteiger partial charge in [0.15, 0.2) is 11.7 Å². The summed E-state index contributed by atoms with van der Waals surface area (Å²) in [4.78, 5) is 16.2. The second-order valence-electron chi connectivity index (χ2n) is 8.31. The van der Waals surface area contributed by atoms with Gasteiger partial charge in [0.05, 0.1) is 11.1 Å². The molecule has 4 aromatic rings. The lowest BCUT2D eigenvalue weighted by Crippen LogP contribution is -2.26. The number of nitrogens with zero attached hydrogens (tertiary/aromatic N) is 2. The van der Waals surface area contributed by atoms with Crippen LogP contribution in [0.1, 0.15) is 43.5 Å². The number of aromatic nitrogens is 2. The molecule has 0 fully saturated rings. The number of carbonyl (C=O) groups is 1. The van der Waals surface area contributed by atoms with Crippen LogP contribution < -0.4 is 9.47 Å². The summed E-state index contributed by atoms with van der Waals surface area (Å²) in [5, 5.41) is 14.5. The van der Waals surface area contributed by atoms with Crippen molar-refractivity contribution in [3.63, 3.8) is 0 Å². The number of fused-ring (bicyclic) bond motifs is 1. The zero-order valence-corrected chi connectivity index (χ0v) is 19.8. The normalized spacial score (nSPS) is 12.0. The summed E-state index contributed by atoms with van der Waals surface area (Å²) in [7, 11) is 0. The van der Waals surface area contributed by atoms with Gasteiger partial charge in [0.25, 0.3) is 0 Å². The summed E-state index contributed by atoms with van der Waals surface area (Å²) in [5.74, 6) is 0.735. The zero-order chi connectivity index (χ0) is 24.2. The van der Waals surface area contributed by atoms with Crippen LogP contribution in [0.2, 0.25) is 0 Å². The van der Waals surface area contributed by atoms with E-state index in [1.54, 1.807) is 13.0 Å². The molecule has 176 valence electrons. The number of hydrogen-bond donors (Lipinski definition) is 1. The molecule has 0 amide bonds. The van der Waals surface area contributed by atoms with Crippen LogP contribution in [0.4, 0.5) is 0 Å². The number of carboxylic acid groups (broad SMARTS) is 1. The Balaban J connectivity index is 1.73. The third-order valence-corrected chi connectivity index (χ3v) is 5.62. The lowest BCUT2D eigenvalue weighted by molar-refractivity contribution is -0.145. The van der Waals surface area contributed by atoms with Gasteiger partial charge in [-0.1, -0.05) is 43.1 Å². The summed E-state index contributed by atoms with van der Waals surface area (Å²) in [6.07, 6.45) is 1.07. The third-order valence-electron chi connectivity index (χ3n) is 5.62. The zero-order valence-electron chi connectivity index (χ0n) is 19.8. The van der Waals surface area contributed by atoms with Gasteiger partial charge in [0.1, 0.15) is 17.2 Å². The first-order valence-corrected chi connectivity index (χ1v) is 11.4. The van der Waals surface area contributed by atoms with E-state index < -0.39 is 12.1 Å². The van der Waals surface area contributed by atoms with Gasteiger partial charge in [-0.05, 0) is 62.6 Å². The van der Waals surface area contributed by atoms with Gasteiger partial charge < -0.3 is 19.1 Å². The van der Waals surface area contributed by atoms with Crippen LogP contribution in [0.3, 0.4) is 0 Å². The molecule has 7 heteroatoms. The van der Waals surface area contributed by atoms with Gasteiger partial charge in [-0.15, -0.1) is 0 Å². The van der Waals surface area contributed by atoms with Gasteiger partial charge in [0, 0.05) is 11.6 Å². The molecular formula is C27H28N2O5. The Morgan fingerprint density at radius 1 is 1.09 bits per heavy atom. The van der Waals surface area contributed by atoms with Gasteiger partial charge in [-0.3, -0.25) is 0 Å². The minimum absolute atomic E-state index is 0.357. The van der Waals surface area contributed by atoms with E-state index in [-0.39, 0.29) is 0 Å². The Morgan fingerprint density at radius 3 is 2.53 bits per heavy atom. The Labute approximate surface area is 198 Å². The number of hydrogen-bond acceptors (Lipinski definition) is 6. The Morgan fingerprint density at radius 2 is 1.85 bits per heavy atom. The number of aryl methyl sites for hydroxylation is 3. The Hall–Kier alpha value is -3.87. The van der Waals surface area contributed by atoms with E-state index in [1.807, 2.05) is 56.3 Å². The first kappa shape index (κ1) is 23.3. The molecule has 2 aromatic carbocycles. The van der Waals surface area contributed by atoms with Crippen molar-refractivity contribution in [2.75, 3.05) is 0 Å². The number of pyridine rings is 1. The number of benzene rings is 2. The minimum Gasteiger partial charge on any atom is -0.479 e. The smallest absolute Gasteiger partial charge is 0.344 e. The SMILES string of the molecule is CCCc1nc(Oc2ccc(C)cc2)ccc1-c1noc2cc(C)c(OC(CC)C(=O)O)cc12. The maximum absolute atomic E-state index is 11.5. The summed E-state index contributed by atoms with van der Waals surface area (Å²) >= 11 is 0. The summed E-state index contributed by atoms with van der Waals surface area (Å²) in [5.41, 5.74) is 4.88. The fraction of sp³-hybridized carbons (Fsp3) is 0.296. The highest BCUT2D eigenvalue weighted by Gasteiger charge is 2.21. The van der Waals surface area contributed by atoms with E-state index in [1.165, 1.54) is 0 Å². The molecule has 0 radical (unpaired) electrons. The summed E-state index contributed by atoms with van der Waals surface area (Å²) < 4.78 is 17.4. The molecule has 0 spiro atoms. The third kappa shape index (κ3) is 4.88. The van der Waals surface area contributed by atoms with E-state index in [9.17, 15) is 9.90 Å². The predicted molar refractivity (Wildman–Crippen MR) is 130 cm³/mol. The average molecular weight is 461 g/mol. The van der Waals surface area contributed by atoms with E-state index in [0.29, 0.717) is 29.3 Å². The van der Waals surface area contributed by atoms with Crippen molar-refractivity contribution in [1.29, 1.82) is 0 Å². The molecule has 0 saturated carbocycles. The van der Waals surface area contributed by atoms with Crippen LogP contribution in [0.25, 0.3) is 22.2 Å². The highest BCUT2D eigenvalue weighted by atomic mass is 16.5. The molecule has 0 saturated heterocycles. The summed E-state index contributed by atoms with van der Waals surface area (Å²) in [6.45, 7) is 7.75. The molecule has 0 aliphatic rings. The second kappa shape index (κ2) is 9.95. The first-order valence-electron chi connectivity index (χ1n) is 11.4. The monoisotopic (exact) mass is 460 g/mol. The molecule has 1 unspecified atom stereocenters. The molecule has 7 nitrogen and oxygen atoms in total. The summed E-state index contributed by atoms with van der Waals surface area (Å²) in [6, 6.07) is 15.2. The number of rotatable bonds is 9. The van der Waals surface area contributed by atoms with Crippen molar-refractivity contribution in [3.05, 3.63) is 65.4 Å². The fourth-order valence-corrected chi connectivity index (χ4v) is 3.76. The van der Waals surface area contributed by atoms with Crippen molar-refractivity contribution in [1.82, 2.24) is 10.1 Å². The van der Waals surface area contributed by atoms with Crippen molar-refractivity contribution in [2.24, 2.45) is 0 Å². The number of aliphatic carboxylic acids is 1. The van der Waals surface area contributed by atoms with Crippen molar-refractivity contribution < 1.29 is 23.9 Å². The van der Waals surface area contributed by atoms with Crippen LogP contribution in [-0.4, -0.2) is 27.3 Å². The topological polar surface area (TPSA) is 94.7 Å². The van der Waals surface area contributed by atoms with E-state index in [4.69, 9.17) is 19.0 Å². The van der Waals surface area contributed by atoms with Crippen LogP contribution >= 0.6 is 0 Å². The molecule has 2 aromatic heterocycles. The molecule has 1 atom stereocenters. The van der Waals surface area contributed by atoms with Crippen LogP contribution in [0.15, 0.2) is 53.1 Å². The molecule has 0 bridgehead atoms. The van der Waals surface area contributed by atoms with Gasteiger partial charge in [-0.2, -0.15) is 0 Å². The molecule has 0 aliphatic heterocycles. The van der Waals surface area contributed by atoms with Gasteiger partial charge in [-0.25, -0.2) is 9.78 Å². The van der Waals surface area contributed by atoms with Crippen molar-refractivity contribution in [3.8, 4) is 28.6 Å². The van der Waals surface area contributed by atoms with Crippen LogP contribution in [-0.2, 0) is 11.2 Å². The quantitative estimate of drug-likeness (QED) is 0.305. The molecule has 2 heterocycles. The Bertz CT molecular complexity index is 1310. The van der Waals surface area contributed by atoms with E-state index >= 15 is 0 Å². The highest BCUT2D eigenvalue weighted by molar-refractivity contribution is 5.93. The van der Waals surface area contributed by atoms with Crippen LogP contribution in [0, 0.1) is 13.8 Å². The van der Waals surface area contributed by atoms with Crippen molar-refractivity contribution in [2.45, 2.75) is 53.1 Å². The number of ether oxygens (including phenoxy) is 2. The van der Waals surface area contributed by atoms with Gasteiger partial charge in [0.2, 0.25) is 5.88 Å². The largest absolute Gasteiger partial charge is 0.479 e. The lowest BCUT2D eigenvalue weighted by Gasteiger charge is -2.15. The van der Waals surface area contributed by atoms with Gasteiger partial charge >= 0.3 is 5.97 Å². The molecule has 34 heavy (non-hydrogen) atoms. The van der Waals surface area contributed by atoms with Crippen molar-refractivity contribution >= 4 is 16.9 Å².